The number of rotatable bonds is 11. The van der Waals surface area contributed by atoms with Crippen LogP contribution in [0.5, 0.6) is 5.75 Å². The summed E-state index contributed by atoms with van der Waals surface area (Å²) in [6, 6.07) is 7.73. The molecule has 3 N–H and O–H groups in total. The number of hydrogen-bond acceptors (Lipinski definition) is 12. The number of nitrogens with one attached hydrogen (secondary N) is 2. The molecule has 0 spiro atoms. The lowest BCUT2D eigenvalue weighted by atomic mass is 10.0. The quantitative estimate of drug-likeness (QED) is 0.146. The Morgan fingerprint density at radius 2 is 1.98 bits per heavy atom. The maximum atomic E-state index is 13.1. The van der Waals surface area contributed by atoms with E-state index in [1.807, 2.05) is 6.07 Å². The van der Waals surface area contributed by atoms with Crippen molar-refractivity contribution >= 4 is 63.6 Å². The number of thioether (sulfide) groups is 1. The molecule has 2 aliphatic heterocycles. The van der Waals surface area contributed by atoms with E-state index in [4.69, 9.17) is 14.3 Å². The number of benzene rings is 1. The van der Waals surface area contributed by atoms with Gasteiger partial charge in [-0.25, -0.2) is 9.78 Å². The smallest absolute Gasteiger partial charge is 0.352 e. The first-order valence-electron chi connectivity index (χ1n) is 11.6. The Kier molecular flexibility index (Phi) is 9.00. The predicted molar refractivity (Wildman–Crippen MR) is 143 cm³/mol. The highest BCUT2D eigenvalue weighted by Gasteiger charge is 2.54. The molecular formula is C24H23N5O9S2. The summed E-state index contributed by atoms with van der Waals surface area (Å²) in [5.74, 6) is -3.14. The highest BCUT2D eigenvalue weighted by Crippen LogP contribution is 2.40. The Labute approximate surface area is 235 Å². The van der Waals surface area contributed by atoms with E-state index < -0.39 is 41.1 Å². The number of carboxylic acids is 1. The number of carbonyl (C=O) groups excluding carboxylic acids is 4. The van der Waals surface area contributed by atoms with Gasteiger partial charge in [0.15, 0.2) is 17.5 Å². The lowest BCUT2D eigenvalue weighted by molar-refractivity contribution is -0.150. The van der Waals surface area contributed by atoms with Crippen molar-refractivity contribution in [2.45, 2.75) is 18.3 Å². The number of aliphatic carboxylic acids is 1. The largest absolute Gasteiger partial charge is 0.484 e. The highest BCUT2D eigenvalue weighted by molar-refractivity contribution is 8.00. The summed E-state index contributed by atoms with van der Waals surface area (Å²) in [5, 5.41) is 19.5. The van der Waals surface area contributed by atoms with Crippen LogP contribution in [0, 0.1) is 0 Å². The van der Waals surface area contributed by atoms with E-state index >= 15 is 0 Å². The van der Waals surface area contributed by atoms with Gasteiger partial charge in [-0.3, -0.25) is 29.4 Å². The average molecular weight is 590 g/mol. The molecule has 3 amide bonds. The van der Waals surface area contributed by atoms with Crippen LogP contribution in [0.3, 0.4) is 0 Å². The monoisotopic (exact) mass is 589 g/mol. The third kappa shape index (κ3) is 6.40. The number of carbonyl (C=O) groups is 5. The summed E-state index contributed by atoms with van der Waals surface area (Å²) >= 11 is 2.25. The highest BCUT2D eigenvalue weighted by atomic mass is 32.2. The number of β-lactam (4-membered cyclic amide) rings is 1. The van der Waals surface area contributed by atoms with Crippen LogP contribution in [0.15, 0.2) is 52.1 Å². The van der Waals surface area contributed by atoms with Crippen molar-refractivity contribution in [2.75, 3.05) is 31.4 Å². The second kappa shape index (κ2) is 12.6. The fourth-order valence-corrected chi connectivity index (χ4v) is 5.79. The molecule has 1 aromatic carbocycles. The summed E-state index contributed by atoms with van der Waals surface area (Å²) in [6.45, 7) is 0.676. The topological polar surface area (TPSA) is 186 Å². The molecule has 1 aromatic heterocycles. The molecule has 1 fully saturated rings. The number of para-hydroxylation sites is 1. The van der Waals surface area contributed by atoms with Gasteiger partial charge in [0, 0.05) is 23.6 Å². The SMILES string of the molecule is CON=C(C(=O)N[C@H]1C(=O)N2C(C(=O)O)=C(COC(C)=O)CS[C@H]12)c1csc(NC(=O)COc2ccccc2)n1. The van der Waals surface area contributed by atoms with Gasteiger partial charge >= 0.3 is 11.9 Å². The number of fused-ring (bicyclic) bond motifs is 1. The van der Waals surface area contributed by atoms with E-state index in [9.17, 15) is 29.1 Å². The summed E-state index contributed by atoms with van der Waals surface area (Å²) < 4.78 is 10.3. The Hall–Kier alpha value is -4.44. The van der Waals surface area contributed by atoms with Gasteiger partial charge in [0.1, 0.15) is 42.3 Å². The van der Waals surface area contributed by atoms with Gasteiger partial charge in [-0.1, -0.05) is 23.4 Å². The number of oxime groups is 1. The van der Waals surface area contributed by atoms with Gasteiger partial charge < -0.3 is 24.7 Å². The molecule has 3 heterocycles. The average Bonchev–Trinajstić information content (AvgIpc) is 3.39. The van der Waals surface area contributed by atoms with E-state index in [0.717, 1.165) is 16.2 Å². The number of hydrogen-bond donors (Lipinski definition) is 3. The summed E-state index contributed by atoms with van der Waals surface area (Å²) in [4.78, 5) is 71.3. The molecule has 0 saturated carbocycles. The molecule has 2 aromatic rings. The zero-order valence-corrected chi connectivity index (χ0v) is 22.7. The number of aromatic nitrogens is 1. The van der Waals surface area contributed by atoms with Crippen LogP contribution >= 0.6 is 23.1 Å². The minimum absolute atomic E-state index is 0.0818. The predicted octanol–water partition coefficient (Wildman–Crippen LogP) is 0.813. The number of nitrogens with zero attached hydrogens (tertiary/aromatic N) is 3. The molecule has 210 valence electrons. The normalized spacial score (nSPS) is 18.3. The van der Waals surface area contributed by atoms with E-state index in [1.165, 1.54) is 31.2 Å². The number of carboxylic acid groups (broad SMARTS) is 1. The van der Waals surface area contributed by atoms with Crippen molar-refractivity contribution in [3.63, 3.8) is 0 Å². The van der Waals surface area contributed by atoms with Crippen molar-refractivity contribution < 1.29 is 43.4 Å². The van der Waals surface area contributed by atoms with Crippen LogP contribution < -0.4 is 15.4 Å². The van der Waals surface area contributed by atoms with E-state index in [1.54, 1.807) is 24.3 Å². The molecule has 14 nitrogen and oxygen atoms in total. The minimum atomic E-state index is -1.35. The van der Waals surface area contributed by atoms with Crippen LogP contribution in [0.4, 0.5) is 5.13 Å². The summed E-state index contributed by atoms with van der Waals surface area (Å²) in [7, 11) is 1.23. The first kappa shape index (κ1) is 28.6. The van der Waals surface area contributed by atoms with Gasteiger partial charge in [0.25, 0.3) is 17.7 Å². The van der Waals surface area contributed by atoms with Crippen LogP contribution in [-0.2, 0) is 33.5 Å². The lowest BCUT2D eigenvalue weighted by Gasteiger charge is -2.49. The molecule has 0 radical (unpaired) electrons. The van der Waals surface area contributed by atoms with Crippen molar-refractivity contribution in [3.05, 3.63) is 52.7 Å². The third-order valence-corrected chi connectivity index (χ3v) is 7.59. The van der Waals surface area contributed by atoms with Gasteiger partial charge in [-0.2, -0.15) is 0 Å². The zero-order valence-electron chi connectivity index (χ0n) is 21.1. The number of ether oxygens (including phenoxy) is 2. The second-order valence-corrected chi connectivity index (χ2v) is 10.2. The van der Waals surface area contributed by atoms with Crippen LogP contribution in [-0.4, -0.2) is 87.9 Å². The third-order valence-electron chi connectivity index (χ3n) is 5.49. The summed E-state index contributed by atoms with van der Waals surface area (Å²) in [6.07, 6.45) is 0. The van der Waals surface area contributed by atoms with E-state index in [2.05, 4.69) is 20.8 Å². The van der Waals surface area contributed by atoms with Crippen LogP contribution in [0.25, 0.3) is 0 Å². The number of anilines is 1. The number of amides is 3. The van der Waals surface area contributed by atoms with E-state index in [0.29, 0.717) is 5.75 Å². The van der Waals surface area contributed by atoms with E-state index in [-0.39, 0.29) is 46.8 Å². The van der Waals surface area contributed by atoms with Crippen molar-refractivity contribution in [1.82, 2.24) is 15.2 Å². The van der Waals surface area contributed by atoms with Gasteiger partial charge in [0.05, 0.1) is 0 Å². The van der Waals surface area contributed by atoms with Crippen molar-refractivity contribution in [3.8, 4) is 5.75 Å². The zero-order chi connectivity index (χ0) is 28.8. The molecule has 2 aliphatic rings. The molecule has 0 aliphatic carbocycles. The number of thiazole rings is 1. The first-order valence-corrected chi connectivity index (χ1v) is 13.5. The fraction of sp³-hybridized carbons (Fsp3) is 0.292. The number of esters is 1. The molecule has 16 heteroatoms. The van der Waals surface area contributed by atoms with Crippen molar-refractivity contribution in [2.24, 2.45) is 5.16 Å². The first-order chi connectivity index (χ1) is 19.2. The van der Waals surface area contributed by atoms with Crippen molar-refractivity contribution in [1.29, 1.82) is 0 Å². The van der Waals surface area contributed by atoms with Crippen LogP contribution in [0.1, 0.15) is 12.6 Å². The fourth-order valence-electron chi connectivity index (χ4n) is 3.75. The summed E-state index contributed by atoms with van der Waals surface area (Å²) in [5.41, 5.74) is -0.174. The maximum Gasteiger partial charge on any atom is 0.352 e. The molecule has 2 atom stereocenters. The Balaban J connectivity index is 1.40. The molecular weight excluding hydrogens is 566 g/mol. The molecule has 4 rings (SSSR count). The Bertz CT molecular complexity index is 1390. The molecule has 0 bridgehead atoms. The minimum Gasteiger partial charge on any atom is -0.484 e. The Morgan fingerprint density at radius 1 is 1.23 bits per heavy atom. The lowest BCUT2D eigenvalue weighted by Crippen LogP contribution is -2.71. The molecule has 0 unspecified atom stereocenters. The van der Waals surface area contributed by atoms with Crippen LogP contribution in [0.2, 0.25) is 0 Å². The standard InChI is InChI=1S/C24H23N5O9S2/c1-12(30)37-8-13-10-39-22-18(21(33)29(22)19(13)23(34)35)27-20(32)17(28-36-2)15-11-40-24(25-15)26-16(31)9-38-14-6-4-3-5-7-14/h3-7,11,18,22H,8-10H2,1-2H3,(H,27,32)(H,34,35)(H,25,26,31)/t18-,22+/m0/s1. The molecule has 1 saturated heterocycles. The molecule has 40 heavy (non-hydrogen) atoms. The maximum absolute atomic E-state index is 13.1. The van der Waals surface area contributed by atoms with Gasteiger partial charge in [-0.15, -0.1) is 23.1 Å². The second-order valence-electron chi connectivity index (χ2n) is 8.21. The van der Waals surface area contributed by atoms with Gasteiger partial charge in [-0.05, 0) is 12.1 Å². The van der Waals surface area contributed by atoms with Gasteiger partial charge in [0.2, 0.25) is 0 Å². The Morgan fingerprint density at radius 3 is 2.65 bits per heavy atom.